The Morgan fingerprint density at radius 3 is 2.45 bits per heavy atom. The van der Waals surface area contributed by atoms with Gasteiger partial charge in [0.15, 0.2) is 0 Å². The van der Waals surface area contributed by atoms with E-state index in [4.69, 9.17) is 4.42 Å². The lowest BCUT2D eigenvalue weighted by molar-refractivity contribution is 0.150. The average Bonchev–Trinajstić information content (AvgIpc) is 3.22. The van der Waals surface area contributed by atoms with E-state index in [1.54, 1.807) is 6.26 Å². The Labute approximate surface area is 134 Å². The van der Waals surface area contributed by atoms with Gasteiger partial charge >= 0.3 is 0 Å². The smallest absolute Gasteiger partial charge is 0.122 e. The molecule has 1 aromatic rings. The largest absolute Gasteiger partial charge is 0.468 e. The summed E-state index contributed by atoms with van der Waals surface area (Å²) in [5.41, 5.74) is 0. The first kappa shape index (κ1) is 16.0. The van der Waals surface area contributed by atoms with E-state index < -0.39 is 0 Å². The van der Waals surface area contributed by atoms with Crippen molar-refractivity contribution < 1.29 is 4.42 Å². The first-order valence-corrected chi connectivity index (χ1v) is 8.99. The van der Waals surface area contributed by atoms with Crippen molar-refractivity contribution in [3.63, 3.8) is 0 Å². The van der Waals surface area contributed by atoms with E-state index in [0.717, 1.165) is 12.3 Å². The molecule has 0 saturated carbocycles. The number of hydrogen-bond donors (Lipinski definition) is 1. The Kier molecular flexibility index (Phi) is 5.55. The zero-order valence-corrected chi connectivity index (χ0v) is 14.1. The summed E-state index contributed by atoms with van der Waals surface area (Å²) in [6.45, 7) is 10.5. The van der Waals surface area contributed by atoms with E-state index >= 15 is 0 Å². The minimum Gasteiger partial charge on any atom is -0.468 e. The SMILES string of the molecule is CC(C)N1CCC(NCC(c2ccco2)N2CCCC2)CC1. The molecule has 2 aliphatic rings. The molecule has 1 unspecified atom stereocenters. The second-order valence-electron chi connectivity index (χ2n) is 7.09. The molecule has 2 saturated heterocycles. The minimum absolute atomic E-state index is 0.403. The summed E-state index contributed by atoms with van der Waals surface area (Å²) in [5, 5.41) is 3.82. The maximum absolute atomic E-state index is 5.71. The fraction of sp³-hybridized carbons (Fsp3) is 0.778. The maximum atomic E-state index is 5.71. The lowest BCUT2D eigenvalue weighted by atomic mass is 10.0. The van der Waals surface area contributed by atoms with Crippen molar-refractivity contribution in [2.45, 2.75) is 57.7 Å². The molecule has 22 heavy (non-hydrogen) atoms. The van der Waals surface area contributed by atoms with Crippen molar-refractivity contribution in [3.8, 4) is 0 Å². The molecular weight excluding hydrogens is 274 g/mol. The number of rotatable bonds is 6. The van der Waals surface area contributed by atoms with Gasteiger partial charge < -0.3 is 14.6 Å². The fourth-order valence-corrected chi connectivity index (χ4v) is 3.84. The third-order valence-corrected chi connectivity index (χ3v) is 5.31. The molecule has 0 aromatic carbocycles. The molecule has 4 heteroatoms. The van der Waals surface area contributed by atoms with Crippen LogP contribution in [0.5, 0.6) is 0 Å². The Morgan fingerprint density at radius 2 is 1.86 bits per heavy atom. The Morgan fingerprint density at radius 1 is 1.14 bits per heavy atom. The lowest BCUT2D eigenvalue weighted by Crippen LogP contribution is -2.47. The van der Waals surface area contributed by atoms with Crippen molar-refractivity contribution in [1.82, 2.24) is 15.1 Å². The number of nitrogens with one attached hydrogen (secondary N) is 1. The van der Waals surface area contributed by atoms with Crippen LogP contribution in [0.15, 0.2) is 22.8 Å². The molecule has 0 aliphatic carbocycles. The van der Waals surface area contributed by atoms with Gasteiger partial charge in [0.2, 0.25) is 0 Å². The van der Waals surface area contributed by atoms with Crippen LogP contribution in [0.1, 0.15) is 51.3 Å². The van der Waals surface area contributed by atoms with Crippen molar-refractivity contribution in [2.24, 2.45) is 0 Å². The Hall–Kier alpha value is -0.840. The van der Waals surface area contributed by atoms with Crippen LogP contribution < -0.4 is 5.32 Å². The van der Waals surface area contributed by atoms with Gasteiger partial charge in [0, 0.05) is 18.6 Å². The Balaban J connectivity index is 1.51. The monoisotopic (exact) mass is 305 g/mol. The van der Waals surface area contributed by atoms with Crippen molar-refractivity contribution in [1.29, 1.82) is 0 Å². The standard InChI is InChI=1S/C18H31N3O/c1-15(2)20-11-7-16(8-12-20)19-14-17(18-6-5-13-22-18)21-9-3-4-10-21/h5-6,13,15-17,19H,3-4,7-12,14H2,1-2H3. The van der Waals surface area contributed by atoms with Gasteiger partial charge in [-0.25, -0.2) is 0 Å². The van der Waals surface area contributed by atoms with E-state index in [-0.39, 0.29) is 0 Å². The predicted octanol–water partition coefficient (Wildman–Crippen LogP) is 2.88. The van der Waals surface area contributed by atoms with Gasteiger partial charge in [-0.2, -0.15) is 0 Å². The molecule has 1 N–H and O–H groups in total. The molecule has 2 fully saturated rings. The summed E-state index contributed by atoms with van der Waals surface area (Å²) in [5.74, 6) is 1.12. The predicted molar refractivity (Wildman–Crippen MR) is 90.0 cm³/mol. The molecule has 1 atom stereocenters. The first-order chi connectivity index (χ1) is 10.7. The normalized spacial score (nSPS) is 23.4. The van der Waals surface area contributed by atoms with Crippen LogP contribution in [0.4, 0.5) is 0 Å². The number of hydrogen-bond acceptors (Lipinski definition) is 4. The zero-order chi connectivity index (χ0) is 15.4. The summed E-state index contributed by atoms with van der Waals surface area (Å²) in [6, 6.07) is 5.89. The molecule has 3 rings (SSSR count). The average molecular weight is 305 g/mol. The molecule has 0 amide bonds. The molecule has 124 valence electrons. The molecule has 0 radical (unpaired) electrons. The Bertz CT molecular complexity index is 418. The van der Waals surface area contributed by atoms with Crippen LogP contribution in [-0.2, 0) is 0 Å². The summed E-state index contributed by atoms with van der Waals surface area (Å²) in [7, 11) is 0. The maximum Gasteiger partial charge on any atom is 0.122 e. The molecule has 1 aromatic heterocycles. The van der Waals surface area contributed by atoms with Crippen molar-refractivity contribution in [2.75, 3.05) is 32.7 Å². The lowest BCUT2D eigenvalue weighted by Gasteiger charge is -2.36. The first-order valence-electron chi connectivity index (χ1n) is 8.99. The van der Waals surface area contributed by atoms with Crippen molar-refractivity contribution >= 4 is 0 Å². The van der Waals surface area contributed by atoms with Crippen LogP contribution in [-0.4, -0.2) is 54.6 Å². The van der Waals surface area contributed by atoms with E-state index in [2.05, 4.69) is 35.0 Å². The highest BCUT2D eigenvalue weighted by atomic mass is 16.3. The van der Waals surface area contributed by atoms with Gasteiger partial charge in [0.25, 0.3) is 0 Å². The highest BCUT2D eigenvalue weighted by Gasteiger charge is 2.27. The van der Waals surface area contributed by atoms with Gasteiger partial charge in [0.1, 0.15) is 5.76 Å². The topological polar surface area (TPSA) is 31.6 Å². The number of furan rings is 1. The third-order valence-electron chi connectivity index (χ3n) is 5.31. The van der Waals surface area contributed by atoms with E-state index in [9.17, 15) is 0 Å². The highest BCUT2D eigenvalue weighted by Crippen LogP contribution is 2.25. The number of likely N-dealkylation sites (tertiary alicyclic amines) is 2. The second-order valence-corrected chi connectivity index (χ2v) is 7.09. The molecule has 4 nitrogen and oxygen atoms in total. The third kappa shape index (κ3) is 3.92. The quantitative estimate of drug-likeness (QED) is 0.876. The zero-order valence-electron chi connectivity index (χ0n) is 14.1. The molecule has 3 heterocycles. The molecule has 0 bridgehead atoms. The van der Waals surface area contributed by atoms with Crippen LogP contribution in [0.25, 0.3) is 0 Å². The highest BCUT2D eigenvalue weighted by molar-refractivity contribution is 5.06. The minimum atomic E-state index is 0.403. The molecule has 0 spiro atoms. The van der Waals surface area contributed by atoms with E-state index in [1.165, 1.54) is 51.9 Å². The van der Waals surface area contributed by atoms with Gasteiger partial charge in [0.05, 0.1) is 12.3 Å². The number of piperidine rings is 1. The van der Waals surface area contributed by atoms with Crippen LogP contribution >= 0.6 is 0 Å². The molecule has 2 aliphatic heterocycles. The summed E-state index contributed by atoms with van der Waals surface area (Å²) >= 11 is 0. The van der Waals surface area contributed by atoms with Crippen LogP contribution in [0.3, 0.4) is 0 Å². The van der Waals surface area contributed by atoms with Crippen molar-refractivity contribution in [3.05, 3.63) is 24.2 Å². The summed E-state index contributed by atoms with van der Waals surface area (Å²) in [4.78, 5) is 5.16. The molecular formula is C18H31N3O. The van der Waals surface area contributed by atoms with Gasteiger partial charge in [-0.3, -0.25) is 4.90 Å². The summed E-state index contributed by atoms with van der Waals surface area (Å²) < 4.78 is 5.71. The van der Waals surface area contributed by atoms with Gasteiger partial charge in [-0.1, -0.05) is 0 Å². The van der Waals surface area contributed by atoms with E-state index in [1.807, 2.05) is 6.07 Å². The fourth-order valence-electron chi connectivity index (χ4n) is 3.84. The summed E-state index contributed by atoms with van der Waals surface area (Å²) in [6.07, 6.45) is 6.99. The van der Waals surface area contributed by atoms with Gasteiger partial charge in [-0.05, 0) is 77.8 Å². The second kappa shape index (κ2) is 7.62. The van der Waals surface area contributed by atoms with Crippen LogP contribution in [0, 0.1) is 0 Å². The van der Waals surface area contributed by atoms with E-state index in [0.29, 0.717) is 18.1 Å². The van der Waals surface area contributed by atoms with Crippen LogP contribution in [0.2, 0.25) is 0 Å². The number of nitrogens with zero attached hydrogens (tertiary/aromatic N) is 2. The van der Waals surface area contributed by atoms with Gasteiger partial charge in [-0.15, -0.1) is 0 Å².